The van der Waals surface area contributed by atoms with Crippen molar-refractivity contribution < 1.29 is 14.3 Å². The third-order valence-corrected chi connectivity index (χ3v) is 6.34. The summed E-state index contributed by atoms with van der Waals surface area (Å²) in [5.74, 6) is 0.873. The second kappa shape index (κ2) is 10.7. The average molecular weight is 392 g/mol. The lowest BCUT2D eigenvalue weighted by molar-refractivity contribution is 0.0166. The molecule has 1 saturated heterocycles. The average Bonchev–Trinajstić information content (AvgIpc) is 3.36. The lowest BCUT2D eigenvalue weighted by Gasteiger charge is -2.11. The Bertz CT molecular complexity index is 669. The molecule has 1 atom stereocenters. The summed E-state index contributed by atoms with van der Waals surface area (Å²) < 4.78 is 11.2. The Hall–Kier alpha value is -1.34. The minimum atomic E-state index is -0.0154. The predicted octanol–water partition coefficient (Wildman–Crippen LogP) is 4.36. The topological polar surface area (TPSA) is 47.6 Å². The summed E-state index contributed by atoms with van der Waals surface area (Å²) in [5, 5.41) is 5.08. The fraction of sp³-hybridized carbons (Fsp3) is 0.450. The van der Waals surface area contributed by atoms with Crippen LogP contribution in [-0.4, -0.2) is 38.4 Å². The fourth-order valence-corrected chi connectivity index (χ4v) is 4.61. The zero-order valence-corrected chi connectivity index (χ0v) is 16.4. The Morgan fingerprint density at radius 3 is 3.04 bits per heavy atom. The van der Waals surface area contributed by atoms with E-state index in [4.69, 9.17) is 9.47 Å². The Morgan fingerprint density at radius 2 is 2.23 bits per heavy atom. The van der Waals surface area contributed by atoms with E-state index < -0.39 is 0 Å². The number of rotatable bonds is 10. The smallest absolute Gasteiger partial charge is 0.252 e. The highest BCUT2D eigenvalue weighted by Crippen LogP contribution is 2.27. The van der Waals surface area contributed by atoms with Crippen molar-refractivity contribution in [2.75, 3.05) is 26.4 Å². The van der Waals surface area contributed by atoms with Gasteiger partial charge in [-0.25, -0.2) is 0 Å². The third-order valence-electron chi connectivity index (χ3n) is 4.16. The van der Waals surface area contributed by atoms with Crippen LogP contribution < -0.4 is 5.32 Å². The van der Waals surface area contributed by atoms with Gasteiger partial charge in [0.15, 0.2) is 0 Å². The largest absolute Gasteiger partial charge is 0.379 e. The summed E-state index contributed by atoms with van der Waals surface area (Å²) in [7, 11) is 0. The van der Waals surface area contributed by atoms with Gasteiger partial charge in [0.25, 0.3) is 5.91 Å². The molecular weight excluding hydrogens is 366 g/mol. The monoisotopic (exact) mass is 391 g/mol. The molecule has 2 heterocycles. The van der Waals surface area contributed by atoms with Gasteiger partial charge in [0.1, 0.15) is 0 Å². The van der Waals surface area contributed by atoms with Gasteiger partial charge >= 0.3 is 0 Å². The second-order valence-electron chi connectivity index (χ2n) is 6.18. The normalized spacial score (nSPS) is 16.7. The van der Waals surface area contributed by atoms with Crippen LogP contribution in [0.5, 0.6) is 0 Å². The molecule has 26 heavy (non-hydrogen) atoms. The van der Waals surface area contributed by atoms with E-state index in [-0.39, 0.29) is 12.0 Å². The molecule has 3 rings (SSSR count). The molecule has 2 aromatic rings. The number of carbonyl (C=O) groups excluding carboxylic acids is 1. The maximum absolute atomic E-state index is 12.5. The van der Waals surface area contributed by atoms with Gasteiger partial charge in [-0.05, 0) is 42.8 Å². The molecule has 0 bridgehead atoms. The first-order valence-corrected chi connectivity index (χ1v) is 10.9. The maximum Gasteiger partial charge on any atom is 0.252 e. The van der Waals surface area contributed by atoms with Crippen molar-refractivity contribution in [3.63, 3.8) is 0 Å². The predicted molar refractivity (Wildman–Crippen MR) is 107 cm³/mol. The first kappa shape index (κ1) is 19.4. The highest BCUT2D eigenvalue weighted by atomic mass is 32.2. The minimum absolute atomic E-state index is 0.0154. The van der Waals surface area contributed by atoms with Crippen LogP contribution in [0.2, 0.25) is 0 Å². The van der Waals surface area contributed by atoms with E-state index in [1.165, 1.54) is 4.88 Å². The molecule has 1 aromatic heterocycles. The van der Waals surface area contributed by atoms with E-state index in [0.29, 0.717) is 19.8 Å². The summed E-state index contributed by atoms with van der Waals surface area (Å²) in [4.78, 5) is 14.8. The molecule has 0 aliphatic carbocycles. The van der Waals surface area contributed by atoms with Gasteiger partial charge in [-0.3, -0.25) is 4.79 Å². The zero-order valence-electron chi connectivity index (χ0n) is 14.8. The zero-order chi connectivity index (χ0) is 18.0. The standard InChI is InChI=1S/C20H25NO3S2/c22-20(21-10-5-11-23-14-16-6-3-12-24-16)18-8-1-2-9-19(18)26-15-17-7-4-13-25-17/h1-2,4,7-9,13,16H,3,5-6,10-12,14-15H2,(H,21,22). The van der Waals surface area contributed by atoms with E-state index in [1.807, 2.05) is 24.3 Å². The molecule has 1 aliphatic heterocycles. The number of hydrogen-bond donors (Lipinski definition) is 1. The van der Waals surface area contributed by atoms with Gasteiger partial charge in [-0.1, -0.05) is 18.2 Å². The molecule has 1 unspecified atom stereocenters. The highest BCUT2D eigenvalue weighted by molar-refractivity contribution is 7.98. The van der Waals surface area contributed by atoms with E-state index in [0.717, 1.165) is 42.1 Å². The van der Waals surface area contributed by atoms with E-state index in [1.54, 1.807) is 23.1 Å². The van der Waals surface area contributed by atoms with Crippen LogP contribution in [-0.2, 0) is 15.2 Å². The Kier molecular flexibility index (Phi) is 8.01. The Morgan fingerprint density at radius 1 is 1.31 bits per heavy atom. The number of benzene rings is 1. The molecule has 0 radical (unpaired) electrons. The van der Waals surface area contributed by atoms with Gasteiger partial charge in [-0.15, -0.1) is 23.1 Å². The van der Waals surface area contributed by atoms with Gasteiger partial charge in [0.2, 0.25) is 0 Å². The van der Waals surface area contributed by atoms with Crippen molar-refractivity contribution in [2.45, 2.75) is 36.0 Å². The fourth-order valence-electron chi connectivity index (χ4n) is 2.79. The summed E-state index contributed by atoms with van der Waals surface area (Å²) in [6.45, 7) is 2.79. The first-order valence-electron chi connectivity index (χ1n) is 9.04. The summed E-state index contributed by atoms with van der Waals surface area (Å²) in [5.41, 5.74) is 0.745. The molecule has 1 amide bonds. The first-order chi connectivity index (χ1) is 12.8. The molecule has 140 valence electrons. The number of nitrogens with one attached hydrogen (secondary N) is 1. The Balaban J connectivity index is 1.38. The molecule has 0 spiro atoms. The minimum Gasteiger partial charge on any atom is -0.379 e. The number of carbonyl (C=O) groups is 1. The van der Waals surface area contributed by atoms with E-state index in [2.05, 4.69) is 22.8 Å². The highest BCUT2D eigenvalue weighted by Gasteiger charge is 2.15. The van der Waals surface area contributed by atoms with Crippen LogP contribution in [0, 0.1) is 0 Å². The molecule has 1 N–H and O–H groups in total. The van der Waals surface area contributed by atoms with Crippen LogP contribution in [0.1, 0.15) is 34.5 Å². The number of amides is 1. The maximum atomic E-state index is 12.5. The number of ether oxygens (including phenoxy) is 2. The molecular formula is C20H25NO3S2. The van der Waals surface area contributed by atoms with Crippen molar-refractivity contribution in [3.05, 3.63) is 52.2 Å². The van der Waals surface area contributed by atoms with Gasteiger partial charge in [-0.2, -0.15) is 0 Å². The van der Waals surface area contributed by atoms with Crippen LogP contribution in [0.4, 0.5) is 0 Å². The van der Waals surface area contributed by atoms with Gasteiger partial charge in [0, 0.05) is 35.3 Å². The molecule has 0 saturated carbocycles. The molecule has 1 aliphatic rings. The lowest BCUT2D eigenvalue weighted by atomic mass is 10.2. The number of hydrogen-bond acceptors (Lipinski definition) is 5. The third kappa shape index (κ3) is 6.13. The van der Waals surface area contributed by atoms with Gasteiger partial charge < -0.3 is 14.8 Å². The van der Waals surface area contributed by atoms with Crippen LogP contribution in [0.15, 0.2) is 46.7 Å². The van der Waals surface area contributed by atoms with Crippen LogP contribution in [0.3, 0.4) is 0 Å². The molecule has 4 nitrogen and oxygen atoms in total. The second-order valence-corrected chi connectivity index (χ2v) is 8.23. The van der Waals surface area contributed by atoms with Crippen molar-refractivity contribution in [1.29, 1.82) is 0 Å². The summed E-state index contributed by atoms with van der Waals surface area (Å²) >= 11 is 3.45. The van der Waals surface area contributed by atoms with Crippen molar-refractivity contribution in [3.8, 4) is 0 Å². The van der Waals surface area contributed by atoms with Crippen molar-refractivity contribution in [1.82, 2.24) is 5.32 Å². The summed E-state index contributed by atoms with van der Waals surface area (Å²) in [6, 6.07) is 12.0. The molecule has 6 heteroatoms. The van der Waals surface area contributed by atoms with Gasteiger partial charge in [0.05, 0.1) is 18.3 Å². The quantitative estimate of drug-likeness (QED) is 0.483. The lowest BCUT2D eigenvalue weighted by Crippen LogP contribution is -2.26. The van der Waals surface area contributed by atoms with Crippen molar-refractivity contribution in [2.24, 2.45) is 0 Å². The summed E-state index contributed by atoms with van der Waals surface area (Å²) in [6.07, 6.45) is 3.30. The van der Waals surface area contributed by atoms with Crippen LogP contribution in [0.25, 0.3) is 0 Å². The SMILES string of the molecule is O=C(NCCCOCC1CCCO1)c1ccccc1SCc1cccs1. The van der Waals surface area contributed by atoms with Crippen molar-refractivity contribution >= 4 is 29.0 Å². The number of thiophene rings is 1. The number of thioether (sulfide) groups is 1. The van der Waals surface area contributed by atoms with E-state index >= 15 is 0 Å². The molecule has 1 aromatic carbocycles. The molecule has 1 fully saturated rings. The van der Waals surface area contributed by atoms with Crippen LogP contribution >= 0.6 is 23.1 Å². The Labute approximate surface area is 163 Å². The van der Waals surface area contributed by atoms with E-state index in [9.17, 15) is 4.79 Å².